The summed E-state index contributed by atoms with van der Waals surface area (Å²) >= 11 is 1.28. The van der Waals surface area contributed by atoms with Crippen molar-refractivity contribution in [3.63, 3.8) is 0 Å². The van der Waals surface area contributed by atoms with E-state index in [1.807, 2.05) is 48.9 Å². The molecule has 1 aromatic carbocycles. The van der Waals surface area contributed by atoms with E-state index >= 15 is 0 Å². The van der Waals surface area contributed by atoms with Crippen LogP contribution in [-0.2, 0) is 4.79 Å². The van der Waals surface area contributed by atoms with Gasteiger partial charge in [0.25, 0.3) is 0 Å². The molecular formula is C18H21N7OS. The average molecular weight is 383 g/mol. The lowest BCUT2D eigenvalue weighted by Crippen LogP contribution is -2.17. The van der Waals surface area contributed by atoms with E-state index in [4.69, 9.17) is 5.84 Å². The fourth-order valence-electron chi connectivity index (χ4n) is 2.96. The summed E-state index contributed by atoms with van der Waals surface area (Å²) in [6, 6.07) is 9.83. The highest BCUT2D eigenvalue weighted by molar-refractivity contribution is 7.99. The van der Waals surface area contributed by atoms with Crippen LogP contribution in [0.15, 0.2) is 35.5 Å². The standard InChI is InChI=1S/C18H21N7OS/c1-11-16(12(2)25(23-11)14-6-4-3-5-7-14)20-15(26)10-27-18-22-21-17(24(18)19)13-8-9-13/h3-7,13H,8-10,19H2,1-2H3,(H,20,26). The van der Waals surface area contributed by atoms with Gasteiger partial charge < -0.3 is 11.2 Å². The summed E-state index contributed by atoms with van der Waals surface area (Å²) in [5, 5.41) is 16.3. The highest BCUT2D eigenvalue weighted by Crippen LogP contribution is 2.39. The van der Waals surface area contributed by atoms with Crippen LogP contribution < -0.4 is 11.2 Å². The number of carbonyl (C=O) groups excluding carboxylic acids is 1. The predicted octanol–water partition coefficient (Wildman–Crippen LogP) is 2.40. The van der Waals surface area contributed by atoms with Crippen LogP contribution in [0.4, 0.5) is 5.69 Å². The number of nitrogens with zero attached hydrogens (tertiary/aromatic N) is 5. The summed E-state index contributed by atoms with van der Waals surface area (Å²) in [5.74, 6) is 7.31. The number of nitrogen functional groups attached to an aromatic ring is 1. The molecule has 4 rings (SSSR count). The van der Waals surface area contributed by atoms with Gasteiger partial charge in [-0.15, -0.1) is 10.2 Å². The summed E-state index contributed by atoms with van der Waals surface area (Å²) in [4.78, 5) is 12.4. The van der Waals surface area contributed by atoms with E-state index in [0.29, 0.717) is 11.1 Å². The number of aryl methyl sites for hydroxylation is 1. The molecule has 1 aliphatic rings. The number of aromatic nitrogens is 5. The normalized spacial score (nSPS) is 13.7. The Labute approximate surface area is 161 Å². The molecule has 1 amide bonds. The van der Waals surface area contributed by atoms with E-state index < -0.39 is 0 Å². The lowest BCUT2D eigenvalue weighted by Gasteiger charge is -2.07. The molecule has 0 aliphatic heterocycles. The summed E-state index contributed by atoms with van der Waals surface area (Å²) in [6.07, 6.45) is 2.20. The smallest absolute Gasteiger partial charge is 0.234 e. The van der Waals surface area contributed by atoms with Gasteiger partial charge in [0.1, 0.15) is 0 Å². The molecule has 0 bridgehead atoms. The van der Waals surface area contributed by atoms with Gasteiger partial charge in [-0.3, -0.25) is 4.79 Å². The number of hydrogen-bond acceptors (Lipinski definition) is 6. The van der Waals surface area contributed by atoms with Crippen LogP contribution in [0, 0.1) is 13.8 Å². The summed E-state index contributed by atoms with van der Waals surface area (Å²) in [6.45, 7) is 3.82. The maximum absolute atomic E-state index is 12.4. The minimum Gasteiger partial charge on any atom is -0.336 e. The van der Waals surface area contributed by atoms with Gasteiger partial charge in [0.2, 0.25) is 11.1 Å². The predicted molar refractivity (Wildman–Crippen MR) is 105 cm³/mol. The van der Waals surface area contributed by atoms with Gasteiger partial charge in [0, 0.05) is 5.92 Å². The van der Waals surface area contributed by atoms with Crippen molar-refractivity contribution < 1.29 is 4.79 Å². The first-order valence-corrected chi connectivity index (χ1v) is 9.78. The zero-order valence-electron chi connectivity index (χ0n) is 15.2. The Morgan fingerprint density at radius 2 is 2.00 bits per heavy atom. The molecule has 2 heterocycles. The zero-order chi connectivity index (χ0) is 19.0. The van der Waals surface area contributed by atoms with Gasteiger partial charge in [-0.1, -0.05) is 30.0 Å². The molecule has 9 heteroatoms. The Bertz CT molecular complexity index is 975. The largest absolute Gasteiger partial charge is 0.336 e. The number of hydrogen-bond donors (Lipinski definition) is 2. The second-order valence-corrected chi connectivity index (χ2v) is 7.56. The minimum atomic E-state index is -0.130. The first kappa shape index (κ1) is 17.6. The zero-order valence-corrected chi connectivity index (χ0v) is 16.0. The number of nitrogens with two attached hydrogens (primary N) is 1. The second-order valence-electron chi connectivity index (χ2n) is 6.62. The van der Waals surface area contributed by atoms with Gasteiger partial charge >= 0.3 is 0 Å². The van der Waals surface area contributed by atoms with Crippen molar-refractivity contribution in [1.82, 2.24) is 24.7 Å². The third-order valence-electron chi connectivity index (χ3n) is 4.52. The highest BCUT2D eigenvalue weighted by atomic mass is 32.2. The van der Waals surface area contributed by atoms with Gasteiger partial charge in [-0.05, 0) is 38.8 Å². The van der Waals surface area contributed by atoms with Gasteiger partial charge in [0.05, 0.1) is 28.5 Å². The van der Waals surface area contributed by atoms with Gasteiger partial charge in [-0.25, -0.2) is 9.36 Å². The molecule has 1 saturated carbocycles. The number of para-hydroxylation sites is 1. The van der Waals surface area contributed by atoms with Crippen molar-refractivity contribution in [1.29, 1.82) is 0 Å². The molecule has 0 atom stereocenters. The number of amides is 1. The third kappa shape index (κ3) is 3.55. The molecule has 8 nitrogen and oxygen atoms in total. The Hall–Kier alpha value is -2.81. The lowest BCUT2D eigenvalue weighted by atomic mass is 10.3. The van der Waals surface area contributed by atoms with E-state index in [2.05, 4.69) is 20.6 Å². The fourth-order valence-corrected chi connectivity index (χ4v) is 3.62. The van der Waals surface area contributed by atoms with Gasteiger partial charge in [0.15, 0.2) is 5.82 Å². The van der Waals surface area contributed by atoms with Crippen molar-refractivity contribution in [2.75, 3.05) is 16.9 Å². The summed E-state index contributed by atoms with van der Waals surface area (Å²) in [7, 11) is 0. The molecule has 0 spiro atoms. The van der Waals surface area contributed by atoms with Crippen LogP contribution in [-0.4, -0.2) is 36.3 Å². The number of anilines is 1. The number of carbonyl (C=O) groups is 1. The first-order valence-electron chi connectivity index (χ1n) is 8.79. The summed E-state index contributed by atoms with van der Waals surface area (Å²) in [5.41, 5.74) is 3.34. The van der Waals surface area contributed by atoms with E-state index in [0.717, 1.165) is 41.4 Å². The van der Waals surface area contributed by atoms with E-state index in [-0.39, 0.29) is 11.7 Å². The molecule has 1 aliphatic carbocycles. The molecule has 3 aromatic rings. The van der Waals surface area contributed by atoms with Crippen LogP contribution >= 0.6 is 11.8 Å². The van der Waals surface area contributed by atoms with Crippen molar-refractivity contribution >= 4 is 23.4 Å². The van der Waals surface area contributed by atoms with Crippen molar-refractivity contribution in [2.45, 2.75) is 37.8 Å². The molecule has 1 fully saturated rings. The molecule has 27 heavy (non-hydrogen) atoms. The molecule has 3 N–H and O–H groups in total. The van der Waals surface area contributed by atoms with Crippen molar-refractivity contribution in [3.8, 4) is 5.69 Å². The maximum Gasteiger partial charge on any atom is 0.234 e. The van der Waals surface area contributed by atoms with Crippen LogP contribution in [0.2, 0.25) is 0 Å². The number of thioether (sulfide) groups is 1. The van der Waals surface area contributed by atoms with Gasteiger partial charge in [-0.2, -0.15) is 5.10 Å². The number of nitrogens with one attached hydrogen (secondary N) is 1. The van der Waals surface area contributed by atoms with Crippen LogP contribution in [0.3, 0.4) is 0 Å². The highest BCUT2D eigenvalue weighted by Gasteiger charge is 2.30. The Kier molecular flexibility index (Phi) is 4.61. The van der Waals surface area contributed by atoms with Crippen LogP contribution in [0.1, 0.15) is 36.0 Å². The SMILES string of the molecule is Cc1nn(-c2ccccc2)c(C)c1NC(=O)CSc1nnc(C2CC2)n1N. The quantitative estimate of drug-likeness (QED) is 0.500. The monoisotopic (exact) mass is 383 g/mol. The Balaban J connectivity index is 1.43. The molecular weight excluding hydrogens is 362 g/mol. The molecule has 0 saturated heterocycles. The van der Waals surface area contributed by atoms with E-state index in [1.54, 1.807) is 0 Å². The average Bonchev–Trinajstić information content (AvgIpc) is 3.39. The number of rotatable bonds is 6. The van der Waals surface area contributed by atoms with Crippen LogP contribution in [0.25, 0.3) is 5.69 Å². The minimum absolute atomic E-state index is 0.130. The third-order valence-corrected chi connectivity index (χ3v) is 5.47. The van der Waals surface area contributed by atoms with E-state index in [9.17, 15) is 4.79 Å². The second kappa shape index (κ2) is 7.07. The number of benzene rings is 1. The fraction of sp³-hybridized carbons (Fsp3) is 0.333. The molecule has 140 valence electrons. The lowest BCUT2D eigenvalue weighted by molar-refractivity contribution is -0.113. The molecule has 0 radical (unpaired) electrons. The van der Waals surface area contributed by atoms with E-state index in [1.165, 1.54) is 16.4 Å². The Morgan fingerprint density at radius 3 is 2.70 bits per heavy atom. The topological polar surface area (TPSA) is 104 Å². The first-order chi connectivity index (χ1) is 13.0. The van der Waals surface area contributed by atoms with Crippen molar-refractivity contribution in [2.24, 2.45) is 0 Å². The molecule has 2 aromatic heterocycles. The molecule has 0 unspecified atom stereocenters. The maximum atomic E-state index is 12.4. The Morgan fingerprint density at radius 1 is 1.26 bits per heavy atom. The van der Waals surface area contributed by atoms with Crippen molar-refractivity contribution in [3.05, 3.63) is 47.5 Å². The van der Waals surface area contributed by atoms with Crippen LogP contribution in [0.5, 0.6) is 0 Å². The summed E-state index contributed by atoms with van der Waals surface area (Å²) < 4.78 is 3.33.